The van der Waals surface area contributed by atoms with Crippen LogP contribution >= 0.6 is 0 Å². The van der Waals surface area contributed by atoms with Crippen LogP contribution in [0.15, 0.2) is 42.5 Å². The van der Waals surface area contributed by atoms with Crippen LogP contribution in [0.5, 0.6) is 11.5 Å². The number of carbonyl (C=O) groups is 1. The molecule has 0 radical (unpaired) electrons. The normalized spacial score (nSPS) is 22.0. The topological polar surface area (TPSA) is 91.6 Å². The number of hydrogen-bond acceptors (Lipinski definition) is 5. The minimum Gasteiger partial charge on any atom is -0.497 e. The Morgan fingerprint density at radius 1 is 1.28 bits per heavy atom. The van der Waals surface area contributed by atoms with Crippen LogP contribution in [-0.2, 0) is 11.2 Å². The molecule has 0 saturated heterocycles. The van der Waals surface area contributed by atoms with E-state index in [1.165, 1.54) is 0 Å². The van der Waals surface area contributed by atoms with E-state index in [2.05, 4.69) is 11.4 Å². The Kier molecular flexibility index (Phi) is 5.54. The Morgan fingerprint density at radius 2 is 1.97 bits per heavy atom. The maximum atomic E-state index is 12.3. The van der Waals surface area contributed by atoms with Gasteiger partial charge in [-0.3, -0.25) is 4.79 Å². The van der Waals surface area contributed by atoms with Gasteiger partial charge in [-0.1, -0.05) is 12.1 Å². The summed E-state index contributed by atoms with van der Waals surface area (Å²) >= 11 is 0. The van der Waals surface area contributed by atoms with Crippen molar-refractivity contribution in [1.29, 1.82) is 5.26 Å². The van der Waals surface area contributed by atoms with Crippen molar-refractivity contribution in [2.45, 2.75) is 43.8 Å². The van der Waals surface area contributed by atoms with Crippen molar-refractivity contribution >= 4 is 5.91 Å². The van der Waals surface area contributed by atoms with Crippen molar-refractivity contribution in [3.63, 3.8) is 0 Å². The third-order valence-corrected chi connectivity index (χ3v) is 5.80. The molecule has 6 nitrogen and oxygen atoms in total. The number of nitrogens with one attached hydrogen (secondary N) is 1. The van der Waals surface area contributed by atoms with Crippen LogP contribution < -0.4 is 14.8 Å². The summed E-state index contributed by atoms with van der Waals surface area (Å²) in [5.74, 6) is 0.582. The molecule has 0 fully saturated rings. The Morgan fingerprint density at radius 3 is 2.55 bits per heavy atom. The zero-order chi connectivity index (χ0) is 21.2. The molecule has 1 amide bonds. The number of rotatable bonds is 5. The lowest BCUT2D eigenvalue weighted by Gasteiger charge is -2.51. The highest BCUT2D eigenvalue weighted by molar-refractivity contribution is 5.77. The van der Waals surface area contributed by atoms with E-state index in [4.69, 9.17) is 9.47 Å². The SMILES string of the molecule is CNC(=O)CC1c2cc(C#N)ccc2OC(C)(C)C1(O)Cc1ccc(OC)cc1. The van der Waals surface area contributed by atoms with E-state index in [9.17, 15) is 15.2 Å². The van der Waals surface area contributed by atoms with Crippen molar-refractivity contribution in [2.75, 3.05) is 14.2 Å². The second-order valence-corrected chi connectivity index (χ2v) is 7.86. The molecule has 0 spiro atoms. The Balaban J connectivity index is 2.11. The van der Waals surface area contributed by atoms with Crippen LogP contribution in [0.4, 0.5) is 0 Å². The van der Waals surface area contributed by atoms with Crippen LogP contribution in [0.2, 0.25) is 0 Å². The first-order valence-corrected chi connectivity index (χ1v) is 9.53. The molecule has 2 aromatic rings. The first kappa shape index (κ1) is 20.7. The first-order valence-electron chi connectivity index (χ1n) is 9.53. The summed E-state index contributed by atoms with van der Waals surface area (Å²) in [5.41, 5.74) is -0.322. The van der Waals surface area contributed by atoms with E-state index in [0.29, 0.717) is 16.9 Å². The molecule has 0 aromatic heterocycles. The van der Waals surface area contributed by atoms with Crippen molar-refractivity contribution < 1.29 is 19.4 Å². The summed E-state index contributed by atoms with van der Waals surface area (Å²) in [4.78, 5) is 12.3. The fourth-order valence-electron chi connectivity index (χ4n) is 3.98. The molecule has 0 aliphatic carbocycles. The molecule has 29 heavy (non-hydrogen) atoms. The summed E-state index contributed by atoms with van der Waals surface area (Å²) in [5, 5.41) is 23.9. The zero-order valence-electron chi connectivity index (χ0n) is 17.2. The Labute approximate surface area is 171 Å². The Hall–Kier alpha value is -3.04. The average molecular weight is 394 g/mol. The highest BCUT2D eigenvalue weighted by Crippen LogP contribution is 2.50. The monoisotopic (exact) mass is 394 g/mol. The minimum atomic E-state index is -1.38. The van der Waals surface area contributed by atoms with Crippen LogP contribution in [-0.4, -0.2) is 36.4 Å². The van der Waals surface area contributed by atoms with Crippen molar-refractivity contribution in [1.82, 2.24) is 5.32 Å². The fraction of sp³-hybridized carbons (Fsp3) is 0.391. The van der Waals surface area contributed by atoms with E-state index in [1.54, 1.807) is 32.4 Å². The number of hydrogen-bond donors (Lipinski definition) is 2. The van der Waals surface area contributed by atoms with Gasteiger partial charge in [-0.05, 0) is 49.7 Å². The molecular formula is C23H26N2O4. The molecule has 152 valence electrons. The van der Waals surface area contributed by atoms with Gasteiger partial charge in [0.15, 0.2) is 0 Å². The zero-order valence-corrected chi connectivity index (χ0v) is 17.2. The smallest absolute Gasteiger partial charge is 0.220 e. The summed E-state index contributed by atoms with van der Waals surface area (Å²) in [6, 6.07) is 14.7. The molecule has 2 unspecified atom stereocenters. The fourth-order valence-corrected chi connectivity index (χ4v) is 3.98. The quantitative estimate of drug-likeness (QED) is 0.814. The summed E-state index contributed by atoms with van der Waals surface area (Å²) in [6.07, 6.45) is 0.361. The van der Waals surface area contributed by atoms with E-state index < -0.39 is 17.1 Å². The molecule has 3 rings (SSSR count). The third-order valence-electron chi connectivity index (χ3n) is 5.80. The van der Waals surface area contributed by atoms with Crippen LogP contribution in [0.3, 0.4) is 0 Å². The van der Waals surface area contributed by atoms with Gasteiger partial charge in [0.1, 0.15) is 22.7 Å². The second-order valence-electron chi connectivity index (χ2n) is 7.86. The van der Waals surface area contributed by atoms with Gasteiger partial charge in [0.25, 0.3) is 0 Å². The number of methoxy groups -OCH3 is 1. The van der Waals surface area contributed by atoms with E-state index >= 15 is 0 Å². The lowest BCUT2D eigenvalue weighted by molar-refractivity contribution is -0.151. The molecular weight excluding hydrogens is 368 g/mol. The van der Waals surface area contributed by atoms with E-state index in [-0.39, 0.29) is 18.7 Å². The Bertz CT molecular complexity index is 946. The van der Waals surface area contributed by atoms with Gasteiger partial charge in [-0.15, -0.1) is 0 Å². The number of amides is 1. The predicted octanol–water partition coefficient (Wildman–Crippen LogP) is 2.93. The van der Waals surface area contributed by atoms with Crippen LogP contribution in [0.25, 0.3) is 0 Å². The summed E-state index contributed by atoms with van der Waals surface area (Å²) in [7, 11) is 3.17. The molecule has 1 aliphatic rings. The minimum absolute atomic E-state index is 0.0812. The second kappa shape index (κ2) is 7.76. The van der Waals surface area contributed by atoms with E-state index in [0.717, 1.165) is 11.3 Å². The highest BCUT2D eigenvalue weighted by Gasteiger charge is 2.55. The number of carbonyl (C=O) groups excluding carboxylic acids is 1. The summed E-state index contributed by atoms with van der Waals surface area (Å²) < 4.78 is 11.4. The van der Waals surface area contributed by atoms with Crippen LogP contribution in [0.1, 0.15) is 42.9 Å². The van der Waals surface area contributed by atoms with Gasteiger partial charge in [0.2, 0.25) is 5.91 Å². The maximum Gasteiger partial charge on any atom is 0.220 e. The number of fused-ring (bicyclic) bond motifs is 1. The van der Waals surface area contributed by atoms with Gasteiger partial charge in [0.05, 0.1) is 18.7 Å². The molecule has 2 N–H and O–H groups in total. The average Bonchev–Trinajstić information content (AvgIpc) is 2.71. The molecule has 6 heteroatoms. The number of ether oxygens (including phenoxy) is 2. The van der Waals surface area contributed by atoms with E-state index in [1.807, 2.05) is 38.1 Å². The number of nitriles is 1. The van der Waals surface area contributed by atoms with Gasteiger partial charge in [-0.2, -0.15) is 5.26 Å². The molecule has 2 atom stereocenters. The molecule has 0 bridgehead atoms. The lowest BCUT2D eigenvalue weighted by atomic mass is 9.66. The molecule has 0 saturated carbocycles. The summed E-state index contributed by atoms with van der Waals surface area (Å²) in [6.45, 7) is 3.66. The van der Waals surface area contributed by atoms with Crippen molar-refractivity contribution in [3.8, 4) is 17.6 Å². The number of benzene rings is 2. The number of aliphatic hydroxyl groups is 1. The van der Waals surface area contributed by atoms with Gasteiger partial charge in [0, 0.05) is 31.4 Å². The molecule has 1 aliphatic heterocycles. The lowest BCUT2D eigenvalue weighted by Crippen LogP contribution is -2.61. The van der Waals surface area contributed by atoms with Crippen LogP contribution in [0, 0.1) is 11.3 Å². The molecule has 2 aromatic carbocycles. The number of nitrogens with zero attached hydrogens (tertiary/aromatic N) is 1. The predicted molar refractivity (Wildman–Crippen MR) is 109 cm³/mol. The molecule has 1 heterocycles. The highest BCUT2D eigenvalue weighted by atomic mass is 16.5. The van der Waals surface area contributed by atoms with Gasteiger partial charge >= 0.3 is 0 Å². The van der Waals surface area contributed by atoms with Crippen molar-refractivity contribution in [3.05, 3.63) is 59.2 Å². The first-order chi connectivity index (χ1) is 13.7. The largest absolute Gasteiger partial charge is 0.497 e. The van der Waals surface area contributed by atoms with Gasteiger partial charge < -0.3 is 19.9 Å². The third kappa shape index (κ3) is 3.79. The van der Waals surface area contributed by atoms with Gasteiger partial charge in [-0.25, -0.2) is 0 Å². The van der Waals surface area contributed by atoms with Crippen molar-refractivity contribution in [2.24, 2.45) is 0 Å². The maximum absolute atomic E-state index is 12.3. The standard InChI is InChI=1S/C23H26N2O4/c1-22(2)23(27,13-15-5-8-17(28-4)9-6-15)19(12-21(26)25-3)18-11-16(14-24)7-10-20(18)29-22/h5-11,19,27H,12-13H2,1-4H3,(H,25,26).